The minimum Gasteiger partial charge on any atom is -0.312 e. The average Bonchev–Trinajstić information content (AvgIpc) is 2.55. The van der Waals surface area contributed by atoms with Gasteiger partial charge in [0.05, 0.1) is 6.54 Å². The number of nitrogens with zero attached hydrogens (tertiary/aromatic N) is 2. The van der Waals surface area contributed by atoms with Crippen molar-refractivity contribution in [3.8, 4) is 0 Å². The summed E-state index contributed by atoms with van der Waals surface area (Å²) < 4.78 is 1.95. The van der Waals surface area contributed by atoms with Crippen LogP contribution in [-0.2, 0) is 6.54 Å². The van der Waals surface area contributed by atoms with Crippen LogP contribution in [0.2, 0.25) is 0 Å². The summed E-state index contributed by atoms with van der Waals surface area (Å²) in [7, 11) is 0. The molecule has 0 bridgehead atoms. The number of aromatic nitrogens is 2. The molecule has 0 spiro atoms. The molecule has 3 heteroatoms. The molecule has 3 nitrogen and oxygen atoms in total. The quantitative estimate of drug-likeness (QED) is 0.795. The van der Waals surface area contributed by atoms with Gasteiger partial charge in [-0.2, -0.15) is 5.10 Å². The van der Waals surface area contributed by atoms with Crippen LogP contribution in [0, 0.1) is 5.41 Å². The topological polar surface area (TPSA) is 29.9 Å². The lowest BCUT2D eigenvalue weighted by molar-refractivity contribution is 0.282. The molecular formula is C11H21N3. The largest absolute Gasteiger partial charge is 0.312 e. The minimum atomic E-state index is 0.324. The van der Waals surface area contributed by atoms with Crippen molar-refractivity contribution in [3.05, 3.63) is 18.5 Å². The van der Waals surface area contributed by atoms with Crippen LogP contribution in [0.25, 0.3) is 0 Å². The summed E-state index contributed by atoms with van der Waals surface area (Å²) in [4.78, 5) is 0. The van der Waals surface area contributed by atoms with Crippen LogP contribution in [0.1, 0.15) is 27.7 Å². The van der Waals surface area contributed by atoms with E-state index in [-0.39, 0.29) is 0 Å². The van der Waals surface area contributed by atoms with Gasteiger partial charge in [0.1, 0.15) is 0 Å². The van der Waals surface area contributed by atoms with Crippen LogP contribution in [-0.4, -0.2) is 22.4 Å². The Balaban J connectivity index is 2.22. The Morgan fingerprint density at radius 2 is 2.14 bits per heavy atom. The van der Waals surface area contributed by atoms with Gasteiger partial charge in [-0.25, -0.2) is 0 Å². The summed E-state index contributed by atoms with van der Waals surface area (Å²) in [6.45, 7) is 10.9. The molecule has 1 heterocycles. The third-order valence-electron chi connectivity index (χ3n) is 2.65. The van der Waals surface area contributed by atoms with Crippen LogP contribution >= 0.6 is 0 Å². The van der Waals surface area contributed by atoms with Crippen molar-refractivity contribution in [1.29, 1.82) is 0 Å². The predicted molar refractivity (Wildman–Crippen MR) is 59.1 cm³/mol. The van der Waals surface area contributed by atoms with Crippen molar-refractivity contribution in [2.24, 2.45) is 5.41 Å². The molecule has 0 aromatic carbocycles. The Kier molecular flexibility index (Phi) is 3.69. The summed E-state index contributed by atoms with van der Waals surface area (Å²) in [6.07, 6.45) is 3.80. The molecule has 1 aromatic heterocycles. The molecule has 1 N–H and O–H groups in total. The minimum absolute atomic E-state index is 0.324. The molecule has 0 radical (unpaired) electrons. The van der Waals surface area contributed by atoms with E-state index in [2.05, 4.69) is 38.1 Å². The fourth-order valence-corrected chi connectivity index (χ4v) is 1.13. The number of rotatable bonds is 4. The van der Waals surface area contributed by atoms with E-state index in [1.807, 2.05) is 23.1 Å². The molecule has 0 aliphatic carbocycles. The second-order valence-corrected chi connectivity index (χ2v) is 4.81. The fraction of sp³-hybridized carbons (Fsp3) is 0.727. The molecule has 0 saturated carbocycles. The van der Waals surface area contributed by atoms with Crippen LogP contribution in [0.5, 0.6) is 0 Å². The van der Waals surface area contributed by atoms with E-state index in [0.29, 0.717) is 11.5 Å². The highest BCUT2D eigenvalue weighted by atomic mass is 15.3. The van der Waals surface area contributed by atoms with Crippen LogP contribution in [0.3, 0.4) is 0 Å². The normalized spacial score (nSPS) is 14.3. The van der Waals surface area contributed by atoms with E-state index in [0.717, 1.165) is 13.1 Å². The van der Waals surface area contributed by atoms with Crippen LogP contribution < -0.4 is 5.32 Å². The number of hydrogen-bond donors (Lipinski definition) is 1. The molecular weight excluding hydrogens is 174 g/mol. The molecule has 1 rings (SSSR count). The van der Waals surface area contributed by atoms with Gasteiger partial charge >= 0.3 is 0 Å². The van der Waals surface area contributed by atoms with Crippen LogP contribution in [0.4, 0.5) is 0 Å². The van der Waals surface area contributed by atoms with E-state index < -0.39 is 0 Å². The first-order valence-electron chi connectivity index (χ1n) is 5.21. The number of nitrogens with one attached hydrogen (secondary N) is 1. The van der Waals surface area contributed by atoms with Crippen LogP contribution in [0.15, 0.2) is 18.5 Å². The Morgan fingerprint density at radius 3 is 2.64 bits per heavy atom. The first-order chi connectivity index (χ1) is 6.50. The van der Waals surface area contributed by atoms with Crippen molar-refractivity contribution in [1.82, 2.24) is 15.1 Å². The molecule has 0 amide bonds. The van der Waals surface area contributed by atoms with Gasteiger partial charge in [-0.15, -0.1) is 0 Å². The smallest absolute Gasteiger partial charge is 0.0534 e. The summed E-state index contributed by atoms with van der Waals surface area (Å²) >= 11 is 0. The Labute approximate surface area is 86.5 Å². The summed E-state index contributed by atoms with van der Waals surface area (Å²) in [6, 6.07) is 2.48. The number of hydrogen-bond acceptors (Lipinski definition) is 2. The lowest BCUT2D eigenvalue weighted by Gasteiger charge is -2.28. The zero-order chi connectivity index (χ0) is 10.6. The van der Waals surface area contributed by atoms with Gasteiger partial charge in [0.15, 0.2) is 0 Å². The van der Waals surface area contributed by atoms with Crippen molar-refractivity contribution in [2.45, 2.75) is 40.3 Å². The third kappa shape index (κ3) is 3.50. The molecule has 80 valence electrons. The summed E-state index contributed by atoms with van der Waals surface area (Å²) in [5, 5.41) is 7.65. The summed E-state index contributed by atoms with van der Waals surface area (Å²) in [5.74, 6) is 0. The second kappa shape index (κ2) is 4.60. The van der Waals surface area contributed by atoms with Gasteiger partial charge in [-0.05, 0) is 18.4 Å². The zero-order valence-corrected chi connectivity index (χ0v) is 9.62. The summed E-state index contributed by atoms with van der Waals surface area (Å²) in [5.41, 5.74) is 0.324. The Bertz CT molecular complexity index is 246. The van der Waals surface area contributed by atoms with Gasteiger partial charge in [-0.1, -0.05) is 20.8 Å². The van der Waals surface area contributed by atoms with Gasteiger partial charge < -0.3 is 5.32 Å². The van der Waals surface area contributed by atoms with Crippen molar-refractivity contribution in [2.75, 3.05) is 6.54 Å². The van der Waals surface area contributed by atoms with E-state index in [4.69, 9.17) is 0 Å². The first-order valence-corrected chi connectivity index (χ1v) is 5.21. The lowest BCUT2D eigenvalue weighted by Crippen LogP contribution is -2.39. The molecule has 0 aliphatic rings. The van der Waals surface area contributed by atoms with E-state index in [1.54, 1.807) is 0 Å². The molecule has 0 fully saturated rings. The van der Waals surface area contributed by atoms with E-state index in [9.17, 15) is 0 Å². The second-order valence-electron chi connectivity index (χ2n) is 4.81. The standard InChI is InChI=1S/C11H21N3/c1-10(11(2,3)4)12-7-9-14-8-5-6-13-14/h5-6,8,10,12H,7,9H2,1-4H3. The first kappa shape index (κ1) is 11.2. The molecule has 0 aliphatic heterocycles. The van der Waals surface area contributed by atoms with Crippen molar-refractivity contribution in [3.63, 3.8) is 0 Å². The Hall–Kier alpha value is -0.830. The Morgan fingerprint density at radius 1 is 1.43 bits per heavy atom. The molecule has 1 aromatic rings. The van der Waals surface area contributed by atoms with Gasteiger partial charge in [0.2, 0.25) is 0 Å². The highest BCUT2D eigenvalue weighted by Crippen LogP contribution is 2.17. The highest BCUT2D eigenvalue weighted by molar-refractivity contribution is 4.79. The van der Waals surface area contributed by atoms with E-state index in [1.165, 1.54) is 0 Å². The van der Waals surface area contributed by atoms with Gasteiger partial charge in [0, 0.05) is 25.0 Å². The third-order valence-corrected chi connectivity index (χ3v) is 2.65. The van der Waals surface area contributed by atoms with E-state index >= 15 is 0 Å². The molecule has 1 atom stereocenters. The van der Waals surface area contributed by atoms with Gasteiger partial charge in [-0.3, -0.25) is 4.68 Å². The fourth-order valence-electron chi connectivity index (χ4n) is 1.13. The molecule has 14 heavy (non-hydrogen) atoms. The maximum Gasteiger partial charge on any atom is 0.0534 e. The average molecular weight is 195 g/mol. The maximum absolute atomic E-state index is 4.15. The maximum atomic E-state index is 4.15. The zero-order valence-electron chi connectivity index (χ0n) is 9.62. The lowest BCUT2D eigenvalue weighted by atomic mass is 9.88. The van der Waals surface area contributed by atoms with Gasteiger partial charge in [0.25, 0.3) is 0 Å². The highest BCUT2D eigenvalue weighted by Gasteiger charge is 2.18. The molecule has 1 unspecified atom stereocenters. The predicted octanol–water partition coefficient (Wildman–Crippen LogP) is 1.91. The molecule has 0 saturated heterocycles. The SMILES string of the molecule is CC(NCCn1cccn1)C(C)(C)C. The monoisotopic (exact) mass is 195 g/mol. The van der Waals surface area contributed by atoms with Crippen molar-refractivity contribution < 1.29 is 0 Å². The van der Waals surface area contributed by atoms with Crippen molar-refractivity contribution >= 4 is 0 Å².